The molecule has 2 N–H and O–H groups in total. The molecule has 2 fully saturated rings. The topological polar surface area (TPSA) is 106 Å². The summed E-state index contributed by atoms with van der Waals surface area (Å²) in [4.78, 5) is 15.1. The van der Waals surface area contributed by atoms with E-state index in [-0.39, 0.29) is 18.7 Å². The predicted molar refractivity (Wildman–Crippen MR) is 132 cm³/mol. The van der Waals surface area contributed by atoms with Gasteiger partial charge in [-0.25, -0.2) is 12.8 Å². The number of piperazine rings is 1. The molecule has 0 bridgehead atoms. The van der Waals surface area contributed by atoms with Crippen molar-refractivity contribution in [3.8, 4) is 6.07 Å². The number of para-hydroxylation sites is 1. The number of carbonyl (C=O) groups excluding carboxylic acids is 1. The minimum absolute atomic E-state index is 0.0916. The number of anilines is 1. The van der Waals surface area contributed by atoms with Crippen LogP contribution in [0.1, 0.15) is 24.4 Å². The van der Waals surface area contributed by atoms with E-state index >= 15 is 0 Å². The Balaban J connectivity index is 1.54. The third-order valence-corrected chi connectivity index (χ3v) is 8.58. The average molecular weight is 554 g/mol. The van der Waals surface area contributed by atoms with Crippen molar-refractivity contribution in [3.05, 3.63) is 66.0 Å². The van der Waals surface area contributed by atoms with Crippen LogP contribution in [0, 0.1) is 17.1 Å². The second-order valence-electron chi connectivity index (χ2n) is 9.43. The lowest BCUT2D eigenvalue weighted by Crippen LogP contribution is -2.57. The third kappa shape index (κ3) is 6.61. The molecule has 1 aliphatic carbocycles. The molecule has 1 aliphatic heterocycles. The van der Waals surface area contributed by atoms with Crippen LogP contribution in [0.4, 0.5) is 23.2 Å². The molecule has 0 radical (unpaired) electrons. The van der Waals surface area contributed by atoms with Gasteiger partial charge < -0.3 is 10.2 Å². The summed E-state index contributed by atoms with van der Waals surface area (Å²) in [7, 11) is -4.18. The summed E-state index contributed by atoms with van der Waals surface area (Å²) in [6, 6.07) is 10.6. The van der Waals surface area contributed by atoms with Crippen LogP contribution in [0.25, 0.3) is 0 Å². The molecule has 1 amide bonds. The summed E-state index contributed by atoms with van der Waals surface area (Å²) in [5.41, 5.74) is -0.680. The Morgan fingerprint density at radius 2 is 1.63 bits per heavy atom. The van der Waals surface area contributed by atoms with E-state index < -0.39 is 51.3 Å². The van der Waals surface area contributed by atoms with Crippen LogP contribution in [0.3, 0.4) is 0 Å². The molecule has 0 spiro atoms. The molecule has 2 atom stereocenters. The Bertz CT molecular complexity index is 1270. The second kappa shape index (κ2) is 10.9. The van der Waals surface area contributed by atoms with Gasteiger partial charge in [-0.05, 0) is 42.7 Å². The van der Waals surface area contributed by atoms with Gasteiger partial charge in [0.1, 0.15) is 23.4 Å². The van der Waals surface area contributed by atoms with Gasteiger partial charge in [-0.2, -0.15) is 22.7 Å². The fraction of sp³-hybridized carbons (Fsp3) is 0.440. The van der Waals surface area contributed by atoms with Crippen molar-refractivity contribution in [2.24, 2.45) is 0 Å². The number of benzene rings is 2. The molecular formula is C25H27F4N5O3S. The summed E-state index contributed by atoms with van der Waals surface area (Å²) in [5, 5.41) is 13.9. The largest absolute Gasteiger partial charge is 0.407 e. The van der Waals surface area contributed by atoms with Crippen LogP contribution in [-0.2, 0) is 14.8 Å². The monoisotopic (exact) mass is 553 g/mol. The van der Waals surface area contributed by atoms with E-state index in [1.165, 1.54) is 0 Å². The van der Waals surface area contributed by atoms with Gasteiger partial charge in [0.25, 0.3) is 0 Å². The molecule has 8 nitrogen and oxygen atoms in total. The Kier molecular flexibility index (Phi) is 7.96. The Hall–Kier alpha value is -3.21. The highest BCUT2D eigenvalue weighted by Gasteiger charge is 2.48. The maximum absolute atomic E-state index is 14.0. The molecule has 2 aliphatic rings. The zero-order valence-electron chi connectivity index (χ0n) is 20.3. The quantitative estimate of drug-likeness (QED) is 0.463. The van der Waals surface area contributed by atoms with E-state index in [4.69, 9.17) is 0 Å². The number of halogens is 4. The molecule has 1 unspecified atom stereocenters. The molecule has 1 saturated carbocycles. The minimum Gasteiger partial charge on any atom is -0.369 e. The number of nitrogens with zero attached hydrogens (tertiary/aromatic N) is 3. The van der Waals surface area contributed by atoms with Gasteiger partial charge in [-0.15, -0.1) is 0 Å². The van der Waals surface area contributed by atoms with Crippen molar-refractivity contribution < 1.29 is 30.8 Å². The van der Waals surface area contributed by atoms with Crippen molar-refractivity contribution in [3.63, 3.8) is 0 Å². The Morgan fingerprint density at radius 3 is 2.16 bits per heavy atom. The van der Waals surface area contributed by atoms with E-state index in [1.807, 2.05) is 41.3 Å². The number of hydrogen-bond donors (Lipinski definition) is 2. The Labute approximate surface area is 218 Å². The van der Waals surface area contributed by atoms with Crippen LogP contribution >= 0.6 is 0 Å². The van der Waals surface area contributed by atoms with Crippen molar-refractivity contribution >= 4 is 21.6 Å². The van der Waals surface area contributed by atoms with Crippen LogP contribution in [0.5, 0.6) is 0 Å². The number of sulfonamides is 1. The molecule has 0 aromatic heterocycles. The van der Waals surface area contributed by atoms with E-state index in [1.54, 1.807) is 0 Å². The fourth-order valence-electron chi connectivity index (χ4n) is 4.33. The summed E-state index contributed by atoms with van der Waals surface area (Å²) in [6.07, 6.45) is -4.29. The number of amides is 1. The second-order valence-corrected chi connectivity index (χ2v) is 11.4. The smallest absolute Gasteiger partial charge is 0.369 e. The lowest BCUT2D eigenvalue weighted by molar-refractivity contribution is -0.160. The number of rotatable bonds is 9. The maximum Gasteiger partial charge on any atom is 0.407 e. The summed E-state index contributed by atoms with van der Waals surface area (Å²) in [5.74, 6) is -2.71. The number of nitrogens with one attached hydrogen (secondary N) is 2. The highest BCUT2D eigenvalue weighted by molar-refractivity contribution is 7.89. The van der Waals surface area contributed by atoms with Crippen molar-refractivity contribution in [2.75, 3.05) is 36.8 Å². The van der Waals surface area contributed by atoms with Crippen molar-refractivity contribution in [1.29, 1.82) is 5.26 Å². The number of carbonyl (C=O) groups is 1. The molecule has 38 heavy (non-hydrogen) atoms. The lowest BCUT2D eigenvalue weighted by Gasteiger charge is -2.36. The van der Waals surface area contributed by atoms with E-state index in [2.05, 4.69) is 10.6 Å². The first-order valence-electron chi connectivity index (χ1n) is 12.0. The zero-order valence-corrected chi connectivity index (χ0v) is 21.1. The highest BCUT2D eigenvalue weighted by atomic mass is 32.2. The predicted octanol–water partition coefficient (Wildman–Crippen LogP) is 2.71. The zero-order chi connectivity index (χ0) is 27.6. The van der Waals surface area contributed by atoms with Crippen LogP contribution < -0.4 is 15.5 Å². The molecular weight excluding hydrogens is 526 g/mol. The molecule has 13 heteroatoms. The molecule has 1 saturated heterocycles. The fourth-order valence-corrected chi connectivity index (χ4v) is 5.93. The first-order chi connectivity index (χ1) is 17.9. The molecule has 204 valence electrons. The van der Waals surface area contributed by atoms with Crippen LogP contribution in [-0.4, -0.2) is 68.3 Å². The molecule has 1 heterocycles. The summed E-state index contributed by atoms with van der Waals surface area (Å²) < 4.78 is 83.2. The molecule has 2 aromatic rings. The number of alkyl halides is 3. The lowest BCUT2D eigenvalue weighted by atomic mass is 10.0. The van der Waals surface area contributed by atoms with Gasteiger partial charge in [0.2, 0.25) is 15.9 Å². The summed E-state index contributed by atoms with van der Waals surface area (Å²) >= 11 is 0. The van der Waals surface area contributed by atoms with Crippen molar-refractivity contribution in [2.45, 2.75) is 36.6 Å². The maximum atomic E-state index is 14.0. The minimum atomic E-state index is -4.92. The number of hydrogen-bond acceptors (Lipinski definition) is 6. The SMILES string of the molecule is N#CC1(NC(=O)C(CS(=O)(=O)N2CCN(c3ccccc3)CC2)N[C@H](c2ccc(F)cc2)C(F)(F)F)CC1. The Morgan fingerprint density at radius 1 is 1.03 bits per heavy atom. The van der Waals surface area contributed by atoms with E-state index in [0.29, 0.717) is 25.9 Å². The van der Waals surface area contributed by atoms with E-state index in [9.17, 15) is 36.0 Å². The van der Waals surface area contributed by atoms with Gasteiger partial charge in [0, 0.05) is 31.9 Å². The standard InChI is InChI=1S/C25H27F4N5O3S/c26-19-8-6-18(7-9-19)22(25(27,28)29)31-21(23(35)32-24(17-30)10-11-24)16-38(36,37)34-14-12-33(13-15-34)20-4-2-1-3-5-20/h1-9,21-22,31H,10-16H2,(H,32,35)/t21?,22-/m1/s1. The highest BCUT2D eigenvalue weighted by Crippen LogP contribution is 2.36. The van der Waals surface area contributed by atoms with Crippen molar-refractivity contribution in [1.82, 2.24) is 14.9 Å². The molecule has 4 rings (SSSR count). The van der Waals surface area contributed by atoms with Gasteiger partial charge in [-0.1, -0.05) is 30.3 Å². The van der Waals surface area contributed by atoms with Gasteiger partial charge in [0.05, 0.1) is 11.8 Å². The summed E-state index contributed by atoms with van der Waals surface area (Å²) in [6.45, 7) is 0.917. The number of nitriles is 1. The van der Waals surface area contributed by atoms with Gasteiger partial charge >= 0.3 is 6.18 Å². The normalized spacial score (nSPS) is 19.3. The average Bonchev–Trinajstić information content (AvgIpc) is 3.67. The first-order valence-corrected chi connectivity index (χ1v) is 13.6. The third-order valence-electron chi connectivity index (χ3n) is 6.67. The van der Waals surface area contributed by atoms with Gasteiger partial charge in [0.15, 0.2) is 0 Å². The van der Waals surface area contributed by atoms with Crippen LogP contribution in [0.2, 0.25) is 0 Å². The van der Waals surface area contributed by atoms with Crippen LogP contribution in [0.15, 0.2) is 54.6 Å². The van der Waals surface area contributed by atoms with E-state index in [0.717, 1.165) is 34.3 Å². The first kappa shape index (κ1) is 27.8. The van der Waals surface area contributed by atoms with Gasteiger partial charge in [-0.3, -0.25) is 10.1 Å². The molecule has 2 aromatic carbocycles.